The molecule has 2 bridgehead atoms. The molecule has 3 atom stereocenters. The van der Waals surface area contributed by atoms with E-state index in [1.807, 2.05) is 6.08 Å². The Balaban J connectivity index is 2.48. The van der Waals surface area contributed by atoms with Gasteiger partial charge in [0.15, 0.2) is 0 Å². The van der Waals surface area contributed by atoms with E-state index in [2.05, 4.69) is 26.7 Å². The van der Waals surface area contributed by atoms with E-state index in [9.17, 15) is 5.11 Å². The Bertz CT molecular complexity index is 319. The van der Waals surface area contributed by atoms with Crippen LogP contribution in [-0.2, 0) is 0 Å². The molecular weight excluding hydrogens is 160 g/mol. The van der Waals surface area contributed by atoms with Crippen LogP contribution in [0.2, 0.25) is 0 Å². The van der Waals surface area contributed by atoms with Crippen LogP contribution in [0.5, 0.6) is 0 Å². The lowest BCUT2D eigenvalue weighted by molar-refractivity contribution is -0.108. The Hall–Kier alpha value is -0.740. The Morgan fingerprint density at radius 1 is 1.62 bits per heavy atom. The van der Waals surface area contributed by atoms with Crippen LogP contribution in [-0.4, -0.2) is 10.7 Å². The molecule has 1 saturated carbocycles. The Kier molecular flexibility index (Phi) is 1.49. The first-order chi connectivity index (χ1) is 5.92. The molecule has 1 nitrogen and oxygen atoms in total. The normalized spacial score (nSPS) is 45.9. The van der Waals surface area contributed by atoms with Gasteiger partial charge in [-0.05, 0) is 30.8 Å². The van der Waals surface area contributed by atoms with Crippen molar-refractivity contribution >= 4 is 0 Å². The molecule has 70 valence electrons. The maximum absolute atomic E-state index is 10.2. The first-order valence-electron chi connectivity index (χ1n) is 4.81. The van der Waals surface area contributed by atoms with E-state index < -0.39 is 5.60 Å². The molecule has 0 aromatic heterocycles. The Labute approximate surface area is 79.8 Å². The molecule has 0 aromatic carbocycles. The molecule has 0 amide bonds. The molecule has 0 saturated heterocycles. The van der Waals surface area contributed by atoms with E-state index in [1.54, 1.807) is 0 Å². The van der Waals surface area contributed by atoms with E-state index in [-0.39, 0.29) is 11.3 Å². The van der Waals surface area contributed by atoms with Crippen molar-refractivity contribution in [3.8, 4) is 12.3 Å². The number of aliphatic hydroxyl groups is 1. The summed E-state index contributed by atoms with van der Waals surface area (Å²) in [6.07, 6.45) is 8.32. The maximum Gasteiger partial charge on any atom is 0.147 e. The third-order valence-corrected chi connectivity index (χ3v) is 4.03. The zero-order valence-electron chi connectivity index (χ0n) is 8.46. The van der Waals surface area contributed by atoms with E-state index >= 15 is 0 Å². The van der Waals surface area contributed by atoms with E-state index in [4.69, 9.17) is 6.42 Å². The minimum Gasteiger partial charge on any atom is -0.374 e. The van der Waals surface area contributed by atoms with Crippen molar-refractivity contribution in [2.75, 3.05) is 0 Å². The summed E-state index contributed by atoms with van der Waals surface area (Å²) in [7, 11) is 0. The van der Waals surface area contributed by atoms with Crippen LogP contribution < -0.4 is 0 Å². The average molecular weight is 176 g/mol. The molecule has 0 heterocycles. The zero-order chi connectivity index (χ0) is 9.85. The van der Waals surface area contributed by atoms with Gasteiger partial charge in [0, 0.05) is 5.92 Å². The van der Waals surface area contributed by atoms with Crippen LogP contribution in [0.25, 0.3) is 0 Å². The molecule has 0 unspecified atom stereocenters. The minimum absolute atomic E-state index is 0.181. The maximum atomic E-state index is 10.2. The molecule has 1 fully saturated rings. The van der Waals surface area contributed by atoms with Crippen LogP contribution in [0.15, 0.2) is 11.6 Å². The van der Waals surface area contributed by atoms with Gasteiger partial charge in [0.05, 0.1) is 0 Å². The third kappa shape index (κ3) is 0.873. The van der Waals surface area contributed by atoms with Crippen molar-refractivity contribution < 1.29 is 5.11 Å². The summed E-state index contributed by atoms with van der Waals surface area (Å²) in [5.74, 6) is 3.41. The highest BCUT2D eigenvalue weighted by atomic mass is 16.3. The van der Waals surface area contributed by atoms with Gasteiger partial charge in [-0.15, -0.1) is 6.42 Å². The van der Waals surface area contributed by atoms with Gasteiger partial charge in [-0.3, -0.25) is 0 Å². The summed E-state index contributed by atoms with van der Waals surface area (Å²) in [5, 5.41) is 10.2. The summed E-state index contributed by atoms with van der Waals surface area (Å²) >= 11 is 0. The third-order valence-electron chi connectivity index (χ3n) is 4.03. The minimum atomic E-state index is -0.984. The first-order valence-corrected chi connectivity index (χ1v) is 4.81. The molecule has 0 spiro atoms. The van der Waals surface area contributed by atoms with Crippen LogP contribution in [0.3, 0.4) is 0 Å². The van der Waals surface area contributed by atoms with Gasteiger partial charge >= 0.3 is 0 Å². The molecule has 1 N–H and O–H groups in total. The summed E-state index contributed by atoms with van der Waals surface area (Å²) in [6, 6.07) is 0. The van der Waals surface area contributed by atoms with Crippen LogP contribution >= 0.6 is 0 Å². The van der Waals surface area contributed by atoms with Crippen molar-refractivity contribution in [2.24, 2.45) is 17.3 Å². The smallest absolute Gasteiger partial charge is 0.147 e. The highest BCUT2D eigenvalue weighted by molar-refractivity contribution is 5.37. The second kappa shape index (κ2) is 2.19. The Morgan fingerprint density at radius 2 is 2.23 bits per heavy atom. The standard InChI is InChI=1S/C12H16O/c1-5-12(13)7-8(2)9-6-10(12)11(9,3)4/h1,7,9-10,13H,6H2,2-4H3/t9-,10+,12-/m1/s1. The summed E-state index contributed by atoms with van der Waals surface area (Å²) in [5.41, 5.74) is 0.454. The van der Waals surface area contributed by atoms with Gasteiger partial charge in [-0.25, -0.2) is 0 Å². The molecule has 3 aliphatic rings. The lowest BCUT2D eigenvalue weighted by Crippen LogP contribution is -2.59. The van der Waals surface area contributed by atoms with Crippen molar-refractivity contribution in [3.63, 3.8) is 0 Å². The fraction of sp³-hybridized carbons (Fsp3) is 0.667. The fourth-order valence-corrected chi connectivity index (χ4v) is 3.14. The monoisotopic (exact) mass is 176 g/mol. The van der Waals surface area contributed by atoms with Crippen molar-refractivity contribution in [1.29, 1.82) is 0 Å². The summed E-state index contributed by atoms with van der Waals surface area (Å²) < 4.78 is 0. The van der Waals surface area contributed by atoms with Gasteiger partial charge < -0.3 is 5.11 Å². The number of terminal acetylenes is 1. The Morgan fingerprint density at radius 3 is 2.62 bits per heavy atom. The molecule has 0 aliphatic heterocycles. The quantitative estimate of drug-likeness (QED) is 0.442. The molecule has 0 aromatic rings. The number of hydrogen-bond donors (Lipinski definition) is 1. The van der Waals surface area contributed by atoms with Crippen LogP contribution in [0, 0.1) is 29.6 Å². The fourth-order valence-electron chi connectivity index (χ4n) is 3.14. The van der Waals surface area contributed by atoms with Crippen molar-refractivity contribution in [1.82, 2.24) is 0 Å². The largest absolute Gasteiger partial charge is 0.374 e. The number of fused-ring (bicyclic) bond motifs is 1. The highest BCUT2D eigenvalue weighted by Crippen LogP contribution is 2.62. The topological polar surface area (TPSA) is 20.2 Å². The van der Waals surface area contributed by atoms with Crippen molar-refractivity contribution in [2.45, 2.75) is 32.8 Å². The van der Waals surface area contributed by atoms with E-state index in [0.29, 0.717) is 5.92 Å². The molecule has 3 rings (SSSR count). The predicted molar refractivity (Wildman–Crippen MR) is 52.9 cm³/mol. The average Bonchev–Trinajstić information content (AvgIpc) is 2.02. The molecule has 13 heavy (non-hydrogen) atoms. The second-order valence-corrected chi connectivity index (χ2v) is 5.02. The van der Waals surface area contributed by atoms with Crippen LogP contribution in [0.1, 0.15) is 27.2 Å². The number of hydrogen-bond acceptors (Lipinski definition) is 1. The molecular formula is C12H16O. The van der Waals surface area contributed by atoms with Crippen molar-refractivity contribution in [3.05, 3.63) is 11.6 Å². The SMILES string of the molecule is C#C[C@@]1(O)C=C(C)[C@H]2C[C@H]1C2(C)C. The van der Waals surface area contributed by atoms with E-state index in [0.717, 1.165) is 6.42 Å². The van der Waals surface area contributed by atoms with Gasteiger partial charge in [0.2, 0.25) is 0 Å². The summed E-state index contributed by atoms with van der Waals surface area (Å²) in [6.45, 7) is 6.47. The summed E-state index contributed by atoms with van der Waals surface area (Å²) in [4.78, 5) is 0. The molecule has 0 radical (unpaired) electrons. The lowest BCUT2D eigenvalue weighted by Gasteiger charge is -2.60. The van der Waals surface area contributed by atoms with Gasteiger partial charge in [0.1, 0.15) is 5.60 Å². The molecule has 1 heteroatoms. The molecule has 3 aliphatic carbocycles. The highest BCUT2D eigenvalue weighted by Gasteiger charge is 2.59. The first kappa shape index (κ1) is 8.84. The zero-order valence-corrected chi connectivity index (χ0v) is 8.46. The predicted octanol–water partition coefficient (Wildman–Crippen LogP) is 1.97. The lowest BCUT2D eigenvalue weighted by atomic mass is 9.45. The number of rotatable bonds is 0. The van der Waals surface area contributed by atoms with Gasteiger partial charge in [0.25, 0.3) is 0 Å². The van der Waals surface area contributed by atoms with Gasteiger partial charge in [-0.2, -0.15) is 0 Å². The van der Waals surface area contributed by atoms with Crippen LogP contribution in [0.4, 0.5) is 0 Å². The number of allylic oxidation sites excluding steroid dienone is 1. The second-order valence-electron chi connectivity index (χ2n) is 5.02. The van der Waals surface area contributed by atoms with E-state index in [1.165, 1.54) is 5.57 Å². The van der Waals surface area contributed by atoms with Gasteiger partial charge in [-0.1, -0.05) is 25.3 Å².